The number of hydrogen-bond donors (Lipinski definition) is 0. The summed E-state index contributed by atoms with van der Waals surface area (Å²) in [7, 11) is 0. The van der Waals surface area contributed by atoms with Crippen molar-refractivity contribution in [1.29, 1.82) is 0 Å². The number of alkyl halides is 2. The molecule has 0 saturated carbocycles. The second-order valence-corrected chi connectivity index (χ2v) is 2.02. The number of hydrogen-bond acceptors (Lipinski definition) is 5. The van der Waals surface area contributed by atoms with Gasteiger partial charge in [-0.05, 0) is 17.2 Å². The molecule has 13 heavy (non-hydrogen) atoms. The van der Waals surface area contributed by atoms with E-state index >= 15 is 0 Å². The van der Waals surface area contributed by atoms with E-state index in [0.29, 0.717) is 0 Å². The van der Waals surface area contributed by atoms with Crippen LogP contribution in [0.4, 0.5) is 8.78 Å². The van der Waals surface area contributed by atoms with Crippen LogP contribution >= 0.6 is 0 Å². The van der Waals surface area contributed by atoms with Gasteiger partial charge in [-0.2, -0.15) is 0 Å². The molecule has 0 aromatic carbocycles. The summed E-state index contributed by atoms with van der Waals surface area (Å²) in [5.74, 6) is -0.959. The van der Waals surface area contributed by atoms with Gasteiger partial charge in [0.05, 0.1) is 6.61 Å². The Bertz CT molecular complexity index is 300. The van der Waals surface area contributed by atoms with Gasteiger partial charge in [-0.25, -0.2) is 18.2 Å². The molecule has 0 amide bonds. The highest BCUT2D eigenvalue weighted by molar-refractivity contribution is 5.88. The summed E-state index contributed by atoms with van der Waals surface area (Å²) >= 11 is 0. The Morgan fingerprint density at radius 2 is 2.31 bits per heavy atom. The minimum atomic E-state index is -2.90. The first-order chi connectivity index (χ1) is 6.16. The van der Waals surface area contributed by atoms with Gasteiger partial charge in [-0.15, -0.1) is 0 Å². The fourth-order valence-corrected chi connectivity index (χ4v) is 0.680. The highest BCUT2D eigenvalue weighted by Crippen LogP contribution is 2.19. The van der Waals surface area contributed by atoms with Gasteiger partial charge in [0.2, 0.25) is 5.69 Å². The molecular formula is C6H6F2N2O3. The Morgan fingerprint density at radius 3 is 2.85 bits per heavy atom. The molecule has 72 valence electrons. The third kappa shape index (κ3) is 1.98. The zero-order chi connectivity index (χ0) is 9.84. The minimum Gasteiger partial charge on any atom is -0.461 e. The van der Waals surface area contributed by atoms with Crippen molar-refractivity contribution in [2.45, 2.75) is 13.3 Å². The van der Waals surface area contributed by atoms with E-state index in [1.807, 2.05) is 0 Å². The maximum atomic E-state index is 12.1. The molecule has 0 fully saturated rings. The van der Waals surface area contributed by atoms with Crippen LogP contribution in [0.15, 0.2) is 4.63 Å². The summed E-state index contributed by atoms with van der Waals surface area (Å²) in [5.41, 5.74) is -1.37. The summed E-state index contributed by atoms with van der Waals surface area (Å²) in [4.78, 5) is 10.9. The lowest BCUT2D eigenvalue weighted by atomic mass is 10.3. The van der Waals surface area contributed by atoms with Crippen LogP contribution in [0.2, 0.25) is 0 Å². The van der Waals surface area contributed by atoms with E-state index in [1.54, 1.807) is 6.92 Å². The largest absolute Gasteiger partial charge is 0.461 e. The molecule has 0 spiro atoms. The van der Waals surface area contributed by atoms with E-state index in [4.69, 9.17) is 0 Å². The first-order valence-corrected chi connectivity index (χ1v) is 3.44. The van der Waals surface area contributed by atoms with E-state index in [0.717, 1.165) is 0 Å². The monoisotopic (exact) mass is 192 g/mol. The molecular weight excluding hydrogens is 186 g/mol. The number of halogens is 2. The lowest BCUT2D eigenvalue weighted by Gasteiger charge is -1.97. The van der Waals surface area contributed by atoms with Gasteiger partial charge in [-0.3, -0.25) is 0 Å². The smallest absolute Gasteiger partial charge is 0.362 e. The third-order valence-corrected chi connectivity index (χ3v) is 1.19. The number of esters is 1. The van der Waals surface area contributed by atoms with Gasteiger partial charge < -0.3 is 4.74 Å². The summed E-state index contributed by atoms with van der Waals surface area (Å²) in [6, 6.07) is 0. The Balaban J connectivity index is 2.87. The van der Waals surface area contributed by atoms with E-state index in [-0.39, 0.29) is 6.61 Å². The van der Waals surface area contributed by atoms with Crippen LogP contribution < -0.4 is 0 Å². The Kier molecular flexibility index (Phi) is 2.88. The minimum absolute atomic E-state index is 0.0777. The fourth-order valence-electron chi connectivity index (χ4n) is 0.680. The first-order valence-electron chi connectivity index (χ1n) is 3.44. The Hall–Kier alpha value is -1.53. The molecule has 0 N–H and O–H groups in total. The van der Waals surface area contributed by atoms with Crippen molar-refractivity contribution in [1.82, 2.24) is 10.3 Å². The predicted octanol–water partition coefficient (Wildman–Crippen LogP) is 1.18. The van der Waals surface area contributed by atoms with Gasteiger partial charge in [0.15, 0.2) is 5.69 Å². The van der Waals surface area contributed by atoms with Crippen LogP contribution in [0.3, 0.4) is 0 Å². The highest BCUT2D eigenvalue weighted by atomic mass is 19.3. The molecule has 7 heteroatoms. The molecule has 0 aliphatic rings. The summed E-state index contributed by atoms with van der Waals surface area (Å²) in [6.45, 7) is 1.63. The number of rotatable bonds is 3. The molecule has 1 aromatic heterocycles. The third-order valence-electron chi connectivity index (χ3n) is 1.19. The zero-order valence-electron chi connectivity index (χ0n) is 6.66. The summed E-state index contributed by atoms with van der Waals surface area (Å²) < 4.78 is 32.6. The zero-order valence-corrected chi connectivity index (χ0v) is 6.66. The molecule has 1 rings (SSSR count). The van der Waals surface area contributed by atoms with Gasteiger partial charge in [0.25, 0.3) is 6.43 Å². The second-order valence-electron chi connectivity index (χ2n) is 2.02. The Labute approximate surface area is 71.6 Å². The molecule has 0 aliphatic carbocycles. The van der Waals surface area contributed by atoms with Crippen molar-refractivity contribution < 1.29 is 22.9 Å². The van der Waals surface area contributed by atoms with E-state index in [2.05, 4.69) is 19.7 Å². The number of aromatic nitrogens is 2. The number of ether oxygens (including phenoxy) is 1. The van der Waals surface area contributed by atoms with Crippen molar-refractivity contribution in [3.8, 4) is 0 Å². The average Bonchev–Trinajstić information content (AvgIpc) is 2.52. The van der Waals surface area contributed by atoms with Crippen LogP contribution in [-0.4, -0.2) is 22.9 Å². The second kappa shape index (κ2) is 3.92. The molecule has 0 atom stereocenters. The van der Waals surface area contributed by atoms with Crippen molar-refractivity contribution >= 4 is 5.97 Å². The standard InChI is InChI=1S/C6H6F2N2O3/c1-2-12-6(11)4-3(5(7)8)9-13-10-4/h5H,2H2,1H3. The molecule has 1 aromatic rings. The van der Waals surface area contributed by atoms with Crippen LogP contribution in [-0.2, 0) is 4.74 Å². The molecule has 0 bridgehead atoms. The molecule has 0 saturated heterocycles. The van der Waals surface area contributed by atoms with Crippen molar-refractivity contribution in [2.24, 2.45) is 0 Å². The van der Waals surface area contributed by atoms with E-state index < -0.39 is 23.8 Å². The predicted molar refractivity (Wildman–Crippen MR) is 35.2 cm³/mol. The lowest BCUT2D eigenvalue weighted by Crippen LogP contribution is -2.08. The maximum Gasteiger partial charge on any atom is 0.362 e. The summed E-state index contributed by atoms with van der Waals surface area (Å²) in [6.07, 6.45) is -2.90. The highest BCUT2D eigenvalue weighted by Gasteiger charge is 2.25. The fraction of sp³-hybridized carbons (Fsp3) is 0.500. The average molecular weight is 192 g/mol. The van der Waals surface area contributed by atoms with Crippen LogP contribution in [0.25, 0.3) is 0 Å². The lowest BCUT2D eigenvalue weighted by molar-refractivity contribution is 0.0505. The van der Waals surface area contributed by atoms with Crippen molar-refractivity contribution in [3.63, 3.8) is 0 Å². The van der Waals surface area contributed by atoms with Gasteiger partial charge in [0.1, 0.15) is 0 Å². The molecule has 0 aliphatic heterocycles. The number of carbonyl (C=O) groups is 1. The maximum absolute atomic E-state index is 12.1. The SMILES string of the molecule is CCOC(=O)c1nonc1C(F)F. The van der Waals surface area contributed by atoms with Gasteiger partial charge in [0, 0.05) is 0 Å². The van der Waals surface area contributed by atoms with Gasteiger partial charge >= 0.3 is 5.97 Å². The number of carbonyl (C=O) groups excluding carboxylic acids is 1. The van der Waals surface area contributed by atoms with Crippen LogP contribution in [0, 0.1) is 0 Å². The summed E-state index contributed by atoms with van der Waals surface area (Å²) in [5, 5.41) is 5.90. The Morgan fingerprint density at radius 1 is 1.62 bits per heavy atom. The molecule has 5 nitrogen and oxygen atoms in total. The first kappa shape index (κ1) is 9.56. The molecule has 1 heterocycles. The number of nitrogens with zero attached hydrogens (tertiary/aromatic N) is 2. The van der Waals surface area contributed by atoms with Crippen LogP contribution in [0.1, 0.15) is 29.5 Å². The quantitative estimate of drug-likeness (QED) is 0.673. The topological polar surface area (TPSA) is 65.2 Å². The van der Waals surface area contributed by atoms with Gasteiger partial charge in [-0.1, -0.05) is 0 Å². The van der Waals surface area contributed by atoms with Crippen molar-refractivity contribution in [2.75, 3.05) is 6.61 Å². The van der Waals surface area contributed by atoms with E-state index in [9.17, 15) is 13.6 Å². The molecule has 0 unspecified atom stereocenters. The normalized spacial score (nSPS) is 10.5. The van der Waals surface area contributed by atoms with Crippen LogP contribution in [0.5, 0.6) is 0 Å². The van der Waals surface area contributed by atoms with E-state index in [1.165, 1.54) is 0 Å². The van der Waals surface area contributed by atoms with Crippen molar-refractivity contribution in [3.05, 3.63) is 11.4 Å². The molecule has 0 radical (unpaired) electrons.